The van der Waals surface area contributed by atoms with Crippen LogP contribution in [0.1, 0.15) is 37.7 Å². The summed E-state index contributed by atoms with van der Waals surface area (Å²) in [4.78, 5) is 8.68. The molecule has 3 nitrogen and oxygen atoms in total. The highest BCUT2D eigenvalue weighted by molar-refractivity contribution is 5.05. The maximum absolute atomic E-state index is 5.63. The topological polar surface area (TPSA) is 51.8 Å². The van der Waals surface area contributed by atoms with Crippen molar-refractivity contribution in [3.63, 3.8) is 0 Å². The number of rotatable bonds is 4. The Kier molecular flexibility index (Phi) is 3.83. The molecule has 1 aromatic rings. The Labute approximate surface area is 79.4 Å². The first kappa shape index (κ1) is 10.1. The van der Waals surface area contributed by atoms with Crippen molar-refractivity contribution < 1.29 is 0 Å². The third kappa shape index (κ3) is 2.49. The molecule has 0 saturated carbocycles. The van der Waals surface area contributed by atoms with E-state index in [9.17, 15) is 0 Å². The van der Waals surface area contributed by atoms with Crippen molar-refractivity contribution in [2.45, 2.75) is 32.6 Å². The van der Waals surface area contributed by atoms with Crippen molar-refractivity contribution in [2.75, 3.05) is 6.54 Å². The van der Waals surface area contributed by atoms with Crippen LogP contribution in [0.4, 0.5) is 0 Å². The largest absolute Gasteiger partial charge is 0.330 e. The number of aryl methyl sites for hydroxylation is 1. The zero-order valence-electron chi connectivity index (χ0n) is 8.33. The molecule has 1 atom stereocenters. The van der Waals surface area contributed by atoms with Crippen molar-refractivity contribution in [2.24, 2.45) is 5.73 Å². The minimum Gasteiger partial charge on any atom is -0.330 e. The van der Waals surface area contributed by atoms with Crippen LogP contribution in [-0.2, 0) is 6.42 Å². The van der Waals surface area contributed by atoms with Crippen molar-refractivity contribution >= 4 is 0 Å². The Morgan fingerprint density at radius 1 is 1.46 bits per heavy atom. The van der Waals surface area contributed by atoms with Gasteiger partial charge in [-0.15, -0.1) is 0 Å². The van der Waals surface area contributed by atoms with Gasteiger partial charge in [0.05, 0.1) is 0 Å². The number of aromatic nitrogens is 2. The Hall–Kier alpha value is -0.960. The lowest BCUT2D eigenvalue weighted by Gasteiger charge is -2.10. The zero-order valence-corrected chi connectivity index (χ0v) is 8.33. The molecular formula is C10H17N3. The second-order valence-electron chi connectivity index (χ2n) is 3.10. The van der Waals surface area contributed by atoms with E-state index in [1.807, 2.05) is 12.3 Å². The van der Waals surface area contributed by atoms with Gasteiger partial charge in [-0.25, -0.2) is 9.97 Å². The first-order valence-corrected chi connectivity index (χ1v) is 4.83. The van der Waals surface area contributed by atoms with Gasteiger partial charge in [0.1, 0.15) is 5.82 Å². The van der Waals surface area contributed by atoms with Gasteiger partial charge in [-0.3, -0.25) is 0 Å². The van der Waals surface area contributed by atoms with Crippen molar-refractivity contribution in [1.29, 1.82) is 0 Å². The molecular weight excluding hydrogens is 162 g/mol. The minimum atomic E-state index is 0.312. The Morgan fingerprint density at radius 2 is 2.23 bits per heavy atom. The van der Waals surface area contributed by atoms with Gasteiger partial charge in [-0.05, 0) is 18.9 Å². The number of hydrogen-bond donors (Lipinski definition) is 1. The van der Waals surface area contributed by atoms with Gasteiger partial charge in [0.25, 0.3) is 0 Å². The van der Waals surface area contributed by atoms with Crippen LogP contribution in [0.25, 0.3) is 0 Å². The molecule has 0 aliphatic rings. The summed E-state index contributed by atoms with van der Waals surface area (Å²) in [5, 5.41) is 0. The Balaban J connectivity index is 2.86. The summed E-state index contributed by atoms with van der Waals surface area (Å²) >= 11 is 0. The number of nitrogens with zero attached hydrogens (tertiary/aromatic N) is 2. The Morgan fingerprint density at radius 3 is 2.77 bits per heavy atom. The molecule has 0 aliphatic carbocycles. The van der Waals surface area contributed by atoms with Crippen LogP contribution in [0.3, 0.4) is 0 Å². The van der Waals surface area contributed by atoms with Crippen LogP contribution < -0.4 is 5.73 Å². The van der Waals surface area contributed by atoms with E-state index in [1.54, 1.807) is 0 Å². The first-order chi connectivity index (χ1) is 6.31. The van der Waals surface area contributed by atoms with Crippen LogP contribution in [0.5, 0.6) is 0 Å². The van der Waals surface area contributed by atoms with Gasteiger partial charge in [0.15, 0.2) is 0 Å². The van der Waals surface area contributed by atoms with Gasteiger partial charge >= 0.3 is 0 Å². The average molecular weight is 179 g/mol. The SMILES string of the molecule is CCc1ccnc(C(CC)CN)n1. The summed E-state index contributed by atoms with van der Waals surface area (Å²) < 4.78 is 0. The monoisotopic (exact) mass is 179 g/mol. The van der Waals surface area contributed by atoms with E-state index in [0.717, 1.165) is 24.4 Å². The van der Waals surface area contributed by atoms with E-state index in [-0.39, 0.29) is 0 Å². The molecule has 1 unspecified atom stereocenters. The highest BCUT2D eigenvalue weighted by Gasteiger charge is 2.09. The van der Waals surface area contributed by atoms with Gasteiger partial charge in [0, 0.05) is 24.4 Å². The first-order valence-electron chi connectivity index (χ1n) is 4.83. The standard InChI is InChI=1S/C10H17N3/c1-3-8(7-11)10-12-6-5-9(4-2)13-10/h5-6,8H,3-4,7,11H2,1-2H3. The zero-order chi connectivity index (χ0) is 9.68. The smallest absolute Gasteiger partial charge is 0.132 e. The molecule has 0 spiro atoms. The highest BCUT2D eigenvalue weighted by Crippen LogP contribution is 2.13. The van der Waals surface area contributed by atoms with Gasteiger partial charge in [0.2, 0.25) is 0 Å². The number of hydrogen-bond acceptors (Lipinski definition) is 3. The highest BCUT2D eigenvalue weighted by atomic mass is 14.9. The number of nitrogens with two attached hydrogens (primary N) is 1. The van der Waals surface area contributed by atoms with Crippen molar-refractivity contribution in [3.8, 4) is 0 Å². The second kappa shape index (κ2) is 4.92. The predicted molar refractivity (Wildman–Crippen MR) is 53.5 cm³/mol. The van der Waals surface area contributed by atoms with Gasteiger partial charge in [-0.2, -0.15) is 0 Å². The molecule has 0 aliphatic heterocycles. The maximum Gasteiger partial charge on any atom is 0.132 e. The molecule has 1 heterocycles. The van der Waals surface area contributed by atoms with Crippen molar-refractivity contribution in [3.05, 3.63) is 23.8 Å². The van der Waals surface area contributed by atoms with Crippen LogP contribution in [-0.4, -0.2) is 16.5 Å². The molecule has 1 aromatic heterocycles. The molecule has 0 bridgehead atoms. The molecule has 0 fully saturated rings. The quantitative estimate of drug-likeness (QED) is 0.762. The normalized spacial score (nSPS) is 12.8. The fourth-order valence-electron chi connectivity index (χ4n) is 1.26. The molecule has 72 valence electrons. The fraction of sp³-hybridized carbons (Fsp3) is 0.600. The van der Waals surface area contributed by atoms with Gasteiger partial charge in [-0.1, -0.05) is 13.8 Å². The molecule has 1 rings (SSSR count). The summed E-state index contributed by atoms with van der Waals surface area (Å²) in [7, 11) is 0. The van der Waals surface area contributed by atoms with Crippen LogP contribution in [0.2, 0.25) is 0 Å². The van der Waals surface area contributed by atoms with Crippen LogP contribution in [0.15, 0.2) is 12.3 Å². The van der Waals surface area contributed by atoms with E-state index >= 15 is 0 Å². The summed E-state index contributed by atoms with van der Waals surface area (Å²) in [6.07, 6.45) is 3.78. The van der Waals surface area contributed by atoms with E-state index in [2.05, 4.69) is 23.8 Å². The van der Waals surface area contributed by atoms with E-state index in [4.69, 9.17) is 5.73 Å². The maximum atomic E-state index is 5.63. The molecule has 13 heavy (non-hydrogen) atoms. The summed E-state index contributed by atoms with van der Waals surface area (Å²) in [6, 6.07) is 1.95. The summed E-state index contributed by atoms with van der Waals surface area (Å²) in [6.45, 7) is 4.83. The summed E-state index contributed by atoms with van der Waals surface area (Å²) in [5.41, 5.74) is 6.72. The van der Waals surface area contributed by atoms with E-state index in [1.165, 1.54) is 0 Å². The molecule has 0 radical (unpaired) electrons. The lowest BCUT2D eigenvalue weighted by atomic mass is 10.1. The van der Waals surface area contributed by atoms with Crippen molar-refractivity contribution in [1.82, 2.24) is 9.97 Å². The molecule has 0 aromatic carbocycles. The lowest BCUT2D eigenvalue weighted by Crippen LogP contribution is -2.15. The van der Waals surface area contributed by atoms with Crippen LogP contribution in [0, 0.1) is 0 Å². The second-order valence-corrected chi connectivity index (χ2v) is 3.10. The van der Waals surface area contributed by atoms with Crippen LogP contribution >= 0.6 is 0 Å². The van der Waals surface area contributed by atoms with E-state index < -0.39 is 0 Å². The minimum absolute atomic E-state index is 0.312. The lowest BCUT2D eigenvalue weighted by molar-refractivity contribution is 0.625. The Bertz CT molecular complexity index is 256. The molecule has 0 saturated heterocycles. The van der Waals surface area contributed by atoms with Gasteiger partial charge < -0.3 is 5.73 Å². The molecule has 3 heteroatoms. The third-order valence-electron chi connectivity index (χ3n) is 2.24. The van der Waals surface area contributed by atoms with E-state index in [0.29, 0.717) is 12.5 Å². The third-order valence-corrected chi connectivity index (χ3v) is 2.24. The molecule has 2 N–H and O–H groups in total. The predicted octanol–water partition coefficient (Wildman–Crippen LogP) is 1.49. The average Bonchev–Trinajstić information content (AvgIpc) is 2.20. The fourth-order valence-corrected chi connectivity index (χ4v) is 1.26. The molecule has 0 amide bonds. The summed E-state index contributed by atoms with van der Waals surface area (Å²) in [5.74, 6) is 1.20.